The zero-order valence-electron chi connectivity index (χ0n) is 10.7. The molecule has 1 aliphatic rings. The minimum Gasteiger partial charge on any atom is -0.469 e. The minimum atomic E-state index is 0.428. The van der Waals surface area contributed by atoms with E-state index in [4.69, 9.17) is 4.42 Å². The number of aromatic nitrogens is 2. The quantitative estimate of drug-likeness (QED) is 0.900. The number of aryl methyl sites for hydroxylation is 2. The molecule has 0 saturated carbocycles. The molecule has 4 nitrogen and oxygen atoms in total. The third kappa shape index (κ3) is 2.20. The fraction of sp³-hybridized carbons (Fsp3) is 0.500. The van der Waals surface area contributed by atoms with Crippen LogP contribution in [-0.4, -0.2) is 9.78 Å². The van der Waals surface area contributed by atoms with Crippen LogP contribution in [0.25, 0.3) is 0 Å². The molecular weight excluding hydrogens is 226 g/mol. The lowest BCUT2D eigenvalue weighted by Crippen LogP contribution is -2.23. The van der Waals surface area contributed by atoms with Crippen LogP contribution in [0.1, 0.15) is 42.7 Å². The Bertz CT molecular complexity index is 515. The van der Waals surface area contributed by atoms with Gasteiger partial charge in [0.1, 0.15) is 5.76 Å². The van der Waals surface area contributed by atoms with Gasteiger partial charge in [-0.1, -0.05) is 0 Å². The Kier molecular flexibility index (Phi) is 3.19. The molecule has 96 valence electrons. The van der Waals surface area contributed by atoms with Gasteiger partial charge in [-0.05, 0) is 25.8 Å². The zero-order valence-corrected chi connectivity index (χ0v) is 10.7. The normalized spacial score (nSPS) is 18.8. The van der Waals surface area contributed by atoms with Crippen LogP contribution in [0.3, 0.4) is 0 Å². The molecule has 1 atom stereocenters. The zero-order chi connectivity index (χ0) is 12.4. The summed E-state index contributed by atoms with van der Waals surface area (Å²) in [5.41, 5.74) is 2.58. The number of hydrogen-bond donors (Lipinski definition) is 1. The monoisotopic (exact) mass is 245 g/mol. The maximum Gasteiger partial charge on any atom is 0.108 e. The highest BCUT2D eigenvalue weighted by molar-refractivity contribution is 5.24. The summed E-state index contributed by atoms with van der Waals surface area (Å²) in [6.45, 7) is 3.90. The van der Waals surface area contributed by atoms with Gasteiger partial charge in [-0.3, -0.25) is 4.68 Å². The molecule has 0 bridgehead atoms. The van der Waals surface area contributed by atoms with Crippen molar-refractivity contribution in [1.82, 2.24) is 15.1 Å². The molecule has 1 unspecified atom stereocenters. The van der Waals surface area contributed by atoms with Crippen molar-refractivity contribution in [3.63, 3.8) is 0 Å². The maximum absolute atomic E-state index is 5.50. The Morgan fingerprint density at radius 3 is 3.33 bits per heavy atom. The second kappa shape index (κ2) is 4.98. The summed E-state index contributed by atoms with van der Waals surface area (Å²) in [5.74, 6) is 1.16. The van der Waals surface area contributed by atoms with Crippen molar-refractivity contribution in [2.45, 2.75) is 45.3 Å². The number of nitrogens with one attached hydrogen (secondary N) is 1. The Balaban J connectivity index is 1.64. The van der Waals surface area contributed by atoms with Gasteiger partial charge in [-0.25, -0.2) is 0 Å². The standard InChI is InChI=1S/C14H19N3O/c1-2-17-10-11(9-16-17)8-15-13-4-3-5-14-12(13)6-7-18-14/h6-7,9-10,13,15H,2-5,8H2,1H3. The molecule has 2 aromatic heterocycles. The van der Waals surface area contributed by atoms with Gasteiger partial charge in [0.05, 0.1) is 12.5 Å². The Labute approximate surface area is 107 Å². The van der Waals surface area contributed by atoms with Crippen LogP contribution < -0.4 is 5.32 Å². The average Bonchev–Trinajstić information content (AvgIpc) is 3.05. The van der Waals surface area contributed by atoms with E-state index in [1.54, 1.807) is 6.26 Å². The number of fused-ring (bicyclic) bond motifs is 1. The summed E-state index contributed by atoms with van der Waals surface area (Å²) in [4.78, 5) is 0. The number of hydrogen-bond acceptors (Lipinski definition) is 3. The van der Waals surface area contributed by atoms with Crippen LogP contribution in [0, 0.1) is 0 Å². The van der Waals surface area contributed by atoms with E-state index in [-0.39, 0.29) is 0 Å². The summed E-state index contributed by atoms with van der Waals surface area (Å²) in [5, 5.41) is 7.90. The fourth-order valence-corrected chi connectivity index (χ4v) is 2.61. The predicted molar refractivity (Wildman–Crippen MR) is 69.1 cm³/mol. The van der Waals surface area contributed by atoms with Crippen molar-refractivity contribution in [3.8, 4) is 0 Å². The van der Waals surface area contributed by atoms with Crippen molar-refractivity contribution < 1.29 is 4.42 Å². The minimum absolute atomic E-state index is 0.428. The van der Waals surface area contributed by atoms with Gasteiger partial charge in [0, 0.05) is 42.9 Å². The first-order valence-electron chi connectivity index (χ1n) is 6.68. The topological polar surface area (TPSA) is 43.0 Å². The molecule has 0 radical (unpaired) electrons. The fourth-order valence-electron chi connectivity index (χ4n) is 2.61. The second-order valence-electron chi connectivity index (χ2n) is 4.83. The molecule has 1 N–H and O–H groups in total. The van der Waals surface area contributed by atoms with E-state index in [9.17, 15) is 0 Å². The molecule has 18 heavy (non-hydrogen) atoms. The molecule has 1 aliphatic carbocycles. The van der Waals surface area contributed by atoms with Crippen LogP contribution >= 0.6 is 0 Å². The SMILES string of the molecule is CCn1cc(CNC2CCCc3occc32)cn1. The highest BCUT2D eigenvalue weighted by Gasteiger charge is 2.21. The first-order chi connectivity index (χ1) is 8.86. The first kappa shape index (κ1) is 11.5. The van der Waals surface area contributed by atoms with Crippen molar-refractivity contribution >= 4 is 0 Å². The van der Waals surface area contributed by atoms with E-state index < -0.39 is 0 Å². The van der Waals surface area contributed by atoms with Gasteiger partial charge < -0.3 is 9.73 Å². The number of nitrogens with zero attached hydrogens (tertiary/aromatic N) is 2. The molecule has 2 aromatic rings. The summed E-state index contributed by atoms with van der Waals surface area (Å²) >= 11 is 0. The van der Waals surface area contributed by atoms with E-state index in [1.165, 1.54) is 24.0 Å². The Hall–Kier alpha value is -1.55. The van der Waals surface area contributed by atoms with Crippen molar-refractivity contribution in [2.75, 3.05) is 0 Å². The van der Waals surface area contributed by atoms with Crippen LogP contribution in [-0.2, 0) is 19.5 Å². The van der Waals surface area contributed by atoms with Crippen molar-refractivity contribution in [1.29, 1.82) is 0 Å². The Morgan fingerprint density at radius 2 is 2.50 bits per heavy atom. The first-order valence-corrected chi connectivity index (χ1v) is 6.68. The molecule has 0 amide bonds. The second-order valence-corrected chi connectivity index (χ2v) is 4.83. The molecule has 0 fully saturated rings. The number of furan rings is 1. The highest BCUT2D eigenvalue weighted by atomic mass is 16.3. The molecule has 0 aliphatic heterocycles. The molecule has 3 rings (SSSR count). The van der Waals surface area contributed by atoms with Crippen molar-refractivity contribution in [3.05, 3.63) is 41.6 Å². The largest absolute Gasteiger partial charge is 0.469 e. The number of rotatable bonds is 4. The molecular formula is C14H19N3O. The van der Waals surface area contributed by atoms with Gasteiger partial charge in [0.25, 0.3) is 0 Å². The molecule has 0 aromatic carbocycles. The highest BCUT2D eigenvalue weighted by Crippen LogP contribution is 2.30. The predicted octanol–water partition coefficient (Wildman–Crippen LogP) is 2.66. The van der Waals surface area contributed by atoms with Crippen LogP contribution in [0.2, 0.25) is 0 Å². The summed E-state index contributed by atoms with van der Waals surface area (Å²) in [7, 11) is 0. The molecule has 2 heterocycles. The Morgan fingerprint density at radius 1 is 1.56 bits per heavy atom. The van der Waals surface area contributed by atoms with Gasteiger partial charge in [-0.2, -0.15) is 5.10 Å². The maximum atomic E-state index is 5.50. The third-order valence-corrected chi connectivity index (χ3v) is 3.62. The summed E-state index contributed by atoms with van der Waals surface area (Å²) in [6, 6.07) is 2.53. The van der Waals surface area contributed by atoms with Crippen LogP contribution in [0.5, 0.6) is 0 Å². The lowest BCUT2D eigenvalue weighted by atomic mass is 9.93. The third-order valence-electron chi connectivity index (χ3n) is 3.62. The van der Waals surface area contributed by atoms with E-state index >= 15 is 0 Å². The summed E-state index contributed by atoms with van der Waals surface area (Å²) in [6.07, 6.45) is 9.32. The summed E-state index contributed by atoms with van der Waals surface area (Å²) < 4.78 is 7.46. The van der Waals surface area contributed by atoms with E-state index in [0.29, 0.717) is 6.04 Å². The molecule has 0 saturated heterocycles. The molecule has 4 heteroatoms. The molecule has 0 spiro atoms. The average molecular weight is 245 g/mol. The van der Waals surface area contributed by atoms with E-state index in [0.717, 1.165) is 25.3 Å². The van der Waals surface area contributed by atoms with Crippen LogP contribution in [0.15, 0.2) is 29.1 Å². The van der Waals surface area contributed by atoms with E-state index in [2.05, 4.69) is 29.6 Å². The van der Waals surface area contributed by atoms with Gasteiger partial charge in [-0.15, -0.1) is 0 Å². The van der Waals surface area contributed by atoms with Gasteiger partial charge in [0.2, 0.25) is 0 Å². The van der Waals surface area contributed by atoms with Gasteiger partial charge in [0.15, 0.2) is 0 Å². The van der Waals surface area contributed by atoms with Crippen LogP contribution in [0.4, 0.5) is 0 Å². The van der Waals surface area contributed by atoms with Crippen molar-refractivity contribution in [2.24, 2.45) is 0 Å². The lowest BCUT2D eigenvalue weighted by molar-refractivity contribution is 0.411. The van der Waals surface area contributed by atoms with E-state index in [1.807, 2.05) is 10.9 Å². The lowest BCUT2D eigenvalue weighted by Gasteiger charge is -2.22. The smallest absolute Gasteiger partial charge is 0.108 e. The van der Waals surface area contributed by atoms with Gasteiger partial charge >= 0.3 is 0 Å².